The predicted octanol–water partition coefficient (Wildman–Crippen LogP) is 3.57. The van der Waals surface area contributed by atoms with E-state index in [1.807, 2.05) is 24.3 Å². The van der Waals surface area contributed by atoms with Gasteiger partial charge in [0.25, 0.3) is 5.91 Å². The van der Waals surface area contributed by atoms with Crippen molar-refractivity contribution in [3.63, 3.8) is 0 Å². The van der Waals surface area contributed by atoms with Gasteiger partial charge in [0.05, 0.1) is 33.1 Å². The Hall–Kier alpha value is -5.46. The van der Waals surface area contributed by atoms with Crippen LogP contribution in [0.4, 0.5) is 5.69 Å². The number of para-hydroxylation sites is 2. The summed E-state index contributed by atoms with van der Waals surface area (Å²) in [4.78, 5) is 55.5. The fourth-order valence-electron chi connectivity index (χ4n) is 7.00. The lowest BCUT2D eigenvalue weighted by Gasteiger charge is -2.37. The van der Waals surface area contributed by atoms with E-state index >= 15 is 0 Å². The van der Waals surface area contributed by atoms with Gasteiger partial charge < -0.3 is 44.1 Å². The second-order valence-electron chi connectivity index (χ2n) is 12.7. The average molecular weight is 701 g/mol. The maximum Gasteiger partial charge on any atom is 0.267 e. The summed E-state index contributed by atoms with van der Waals surface area (Å²) in [5, 5.41) is 6.24. The van der Waals surface area contributed by atoms with Gasteiger partial charge >= 0.3 is 0 Å². The smallest absolute Gasteiger partial charge is 0.267 e. The number of aryl methyl sites for hydroxylation is 1. The number of fused-ring (bicyclic) bond motifs is 4. The Morgan fingerprint density at radius 3 is 2.33 bits per heavy atom. The minimum atomic E-state index is -0.715. The molecule has 2 heterocycles. The first-order valence-corrected chi connectivity index (χ1v) is 17.2. The Bertz CT molecular complexity index is 1860. The maximum absolute atomic E-state index is 13.6. The van der Waals surface area contributed by atoms with Crippen LogP contribution < -0.4 is 39.7 Å². The molecule has 0 radical (unpaired) electrons. The molecule has 0 bridgehead atoms. The minimum Gasteiger partial charge on any atom is -0.493 e. The summed E-state index contributed by atoms with van der Waals surface area (Å²) in [6.07, 6.45) is 1.25. The normalized spacial score (nSPS) is 17.6. The van der Waals surface area contributed by atoms with E-state index in [-0.39, 0.29) is 36.2 Å². The molecule has 51 heavy (non-hydrogen) atoms. The lowest BCUT2D eigenvalue weighted by atomic mass is 9.95. The number of amides is 3. The lowest BCUT2D eigenvalue weighted by Crippen LogP contribution is -2.55. The number of rotatable bonds is 10. The van der Waals surface area contributed by atoms with Crippen LogP contribution in [0.25, 0.3) is 11.1 Å². The quantitative estimate of drug-likeness (QED) is 0.301. The second kappa shape index (κ2) is 15.6. The zero-order valence-electron chi connectivity index (χ0n) is 29.4. The summed E-state index contributed by atoms with van der Waals surface area (Å²) in [6, 6.07) is 13.9. The van der Waals surface area contributed by atoms with Gasteiger partial charge in [0.2, 0.25) is 29.1 Å². The number of ether oxygens (including phenoxy) is 5. The zero-order chi connectivity index (χ0) is 36.1. The highest BCUT2D eigenvalue weighted by atomic mass is 16.6. The van der Waals surface area contributed by atoms with Gasteiger partial charge in [-0.15, -0.1) is 0 Å². The lowest BCUT2D eigenvalue weighted by molar-refractivity contribution is -0.146. The van der Waals surface area contributed by atoms with E-state index in [1.165, 1.54) is 6.92 Å². The van der Waals surface area contributed by atoms with Crippen molar-refractivity contribution in [2.45, 2.75) is 44.8 Å². The zero-order valence-corrected chi connectivity index (χ0v) is 29.4. The molecular weight excluding hydrogens is 656 g/mol. The Labute approximate surface area is 296 Å². The molecule has 3 aliphatic rings. The monoisotopic (exact) mass is 700 g/mol. The number of benzene rings is 2. The summed E-state index contributed by atoms with van der Waals surface area (Å²) in [5.41, 5.74) is 3.27. The molecule has 3 amide bonds. The number of hydrogen-bond acceptors (Lipinski definition) is 10. The Morgan fingerprint density at radius 2 is 1.63 bits per heavy atom. The van der Waals surface area contributed by atoms with E-state index in [1.54, 1.807) is 55.4 Å². The highest BCUT2D eigenvalue weighted by molar-refractivity contribution is 5.84. The van der Waals surface area contributed by atoms with Crippen molar-refractivity contribution in [2.24, 2.45) is 0 Å². The molecule has 6 rings (SSSR count). The van der Waals surface area contributed by atoms with Crippen molar-refractivity contribution in [2.75, 3.05) is 66.0 Å². The van der Waals surface area contributed by atoms with E-state index in [9.17, 15) is 19.2 Å². The molecule has 2 N–H and O–H groups in total. The van der Waals surface area contributed by atoms with Crippen LogP contribution in [0.1, 0.15) is 43.4 Å². The van der Waals surface area contributed by atoms with Gasteiger partial charge in [-0.05, 0) is 66.3 Å². The summed E-state index contributed by atoms with van der Waals surface area (Å²) in [7, 11) is 4.67. The molecule has 0 saturated carbocycles. The second-order valence-corrected chi connectivity index (χ2v) is 12.7. The summed E-state index contributed by atoms with van der Waals surface area (Å²) in [5.74, 6) is 2.27. The van der Waals surface area contributed by atoms with Crippen LogP contribution in [0.3, 0.4) is 0 Å². The fourth-order valence-corrected chi connectivity index (χ4v) is 7.00. The number of carbonyl (C=O) groups is 3. The van der Waals surface area contributed by atoms with Crippen LogP contribution in [-0.4, -0.2) is 94.3 Å². The molecule has 3 aromatic carbocycles. The Balaban J connectivity index is 1.09. The molecule has 1 aliphatic carbocycles. The summed E-state index contributed by atoms with van der Waals surface area (Å²) >= 11 is 0. The van der Waals surface area contributed by atoms with Crippen LogP contribution in [0.15, 0.2) is 53.3 Å². The van der Waals surface area contributed by atoms with Crippen LogP contribution in [0.5, 0.6) is 28.7 Å². The number of anilines is 1. The van der Waals surface area contributed by atoms with Gasteiger partial charge in [0.15, 0.2) is 23.0 Å². The van der Waals surface area contributed by atoms with Gasteiger partial charge in [-0.3, -0.25) is 19.2 Å². The molecule has 13 heteroatoms. The summed E-state index contributed by atoms with van der Waals surface area (Å²) < 4.78 is 28.7. The minimum absolute atomic E-state index is 0.00557. The largest absolute Gasteiger partial charge is 0.493 e. The van der Waals surface area contributed by atoms with E-state index in [0.717, 1.165) is 16.7 Å². The highest BCUT2D eigenvalue weighted by Crippen LogP contribution is 2.50. The molecule has 0 spiro atoms. The van der Waals surface area contributed by atoms with Crippen LogP contribution >= 0.6 is 0 Å². The Kier molecular flexibility index (Phi) is 10.8. The number of nitrogens with one attached hydrogen (secondary N) is 2. The van der Waals surface area contributed by atoms with Crippen LogP contribution in [0, 0.1) is 0 Å². The third-order valence-electron chi connectivity index (χ3n) is 9.53. The van der Waals surface area contributed by atoms with Crippen molar-refractivity contribution in [1.29, 1.82) is 0 Å². The first-order valence-electron chi connectivity index (χ1n) is 17.2. The van der Waals surface area contributed by atoms with Crippen molar-refractivity contribution in [1.82, 2.24) is 15.1 Å². The number of methoxy groups -OCH3 is 3. The third-order valence-corrected chi connectivity index (χ3v) is 9.53. The fraction of sp³-hybridized carbons (Fsp3) is 0.421. The predicted molar refractivity (Wildman–Crippen MR) is 190 cm³/mol. The molecule has 1 saturated heterocycles. The molecule has 3 aromatic rings. The van der Waals surface area contributed by atoms with E-state index in [2.05, 4.69) is 10.6 Å². The molecular formula is C38H44N4O9. The van der Waals surface area contributed by atoms with Crippen molar-refractivity contribution < 1.29 is 38.1 Å². The molecule has 0 aromatic heterocycles. The van der Waals surface area contributed by atoms with Crippen LogP contribution in [-0.2, 0) is 20.8 Å². The number of nitrogens with zero attached hydrogens (tertiary/aromatic N) is 2. The van der Waals surface area contributed by atoms with E-state index < -0.39 is 12.1 Å². The number of hydrogen-bond donors (Lipinski definition) is 2. The van der Waals surface area contributed by atoms with Gasteiger partial charge in [0, 0.05) is 51.6 Å². The average Bonchev–Trinajstić information content (AvgIpc) is 3.39. The third kappa shape index (κ3) is 7.52. The van der Waals surface area contributed by atoms with Gasteiger partial charge in [-0.25, -0.2) is 0 Å². The van der Waals surface area contributed by atoms with Gasteiger partial charge in [-0.1, -0.05) is 18.2 Å². The topological polar surface area (TPSA) is 145 Å². The SMILES string of the molecule is COc1cc2c(c(OC)c1OC)-c1ccc(NCCCC(=O)N3CCN(C(=O)C4COc5ccccc5O4)CC3)c(=O)cc1C(NC(C)=O)CC2. The highest BCUT2D eigenvalue weighted by Gasteiger charge is 2.34. The summed E-state index contributed by atoms with van der Waals surface area (Å²) in [6.45, 7) is 3.71. The molecule has 13 nitrogen and oxygen atoms in total. The van der Waals surface area contributed by atoms with Gasteiger partial charge in [0.1, 0.15) is 6.61 Å². The van der Waals surface area contributed by atoms with Crippen molar-refractivity contribution in [3.05, 3.63) is 69.9 Å². The van der Waals surface area contributed by atoms with Gasteiger partial charge in [-0.2, -0.15) is 0 Å². The molecule has 2 aliphatic heterocycles. The molecule has 1 fully saturated rings. The first-order chi connectivity index (χ1) is 24.7. The van der Waals surface area contributed by atoms with Crippen molar-refractivity contribution >= 4 is 23.4 Å². The van der Waals surface area contributed by atoms with Crippen LogP contribution in [0.2, 0.25) is 0 Å². The number of piperazine rings is 1. The maximum atomic E-state index is 13.6. The van der Waals surface area contributed by atoms with E-state index in [0.29, 0.717) is 92.0 Å². The standard InChI is InChI=1S/C38H44N4O9/c1-23(43)40-27-13-11-24-20-32(47-2)36(48-3)37(49-4)35(24)25-12-14-28(29(44)21-26(25)27)39-15-7-10-34(45)41-16-18-42(19-17-41)38(46)33-22-50-30-8-5-6-9-31(30)51-33/h5-6,8-9,12,14,20-21,27,33H,7,10-11,13,15-19,22H2,1-4H3,(H,39,44)(H,40,43). The number of carbonyl (C=O) groups excluding carboxylic acids is 3. The van der Waals surface area contributed by atoms with E-state index in [4.69, 9.17) is 23.7 Å². The first kappa shape index (κ1) is 35.4. The molecule has 2 atom stereocenters. The molecule has 270 valence electrons. The molecule has 2 unspecified atom stereocenters. The Morgan fingerprint density at radius 1 is 0.902 bits per heavy atom. The van der Waals surface area contributed by atoms with Crippen molar-refractivity contribution in [3.8, 4) is 39.9 Å².